The smallest absolute Gasteiger partial charge is 0.304 e. The molecule has 4 heterocycles. The summed E-state index contributed by atoms with van der Waals surface area (Å²) in [5.74, 6) is 0.592. The fourth-order valence-electron chi connectivity index (χ4n) is 8.70. The lowest BCUT2D eigenvalue weighted by atomic mass is 9.81. The van der Waals surface area contributed by atoms with Gasteiger partial charge in [0.15, 0.2) is 0 Å². The minimum atomic E-state index is -3.90. The highest BCUT2D eigenvalue weighted by molar-refractivity contribution is 7.87. The number of aromatic nitrogens is 1. The van der Waals surface area contributed by atoms with Gasteiger partial charge >= 0.3 is 10.2 Å². The lowest BCUT2D eigenvalue weighted by Crippen LogP contribution is -2.49. The molecule has 0 spiro atoms. The Morgan fingerprint density at radius 3 is 2.40 bits per heavy atom. The van der Waals surface area contributed by atoms with Crippen molar-refractivity contribution in [1.82, 2.24) is 18.5 Å². The highest BCUT2D eigenvalue weighted by Crippen LogP contribution is 2.66. The predicted octanol–water partition coefficient (Wildman–Crippen LogP) is 4.91. The Balaban J connectivity index is 1.29. The third-order valence-corrected chi connectivity index (χ3v) is 13.2. The molecule has 2 unspecified atom stereocenters. The highest BCUT2D eigenvalue weighted by atomic mass is 32.2. The van der Waals surface area contributed by atoms with Crippen molar-refractivity contribution in [3.63, 3.8) is 0 Å². The molecule has 1 aromatic heterocycles. The van der Waals surface area contributed by atoms with E-state index in [2.05, 4.69) is 21.4 Å². The van der Waals surface area contributed by atoms with Crippen LogP contribution in [0.15, 0.2) is 36.4 Å². The van der Waals surface area contributed by atoms with E-state index in [1.54, 1.807) is 13.2 Å². The van der Waals surface area contributed by atoms with Crippen LogP contribution >= 0.6 is 0 Å². The van der Waals surface area contributed by atoms with Gasteiger partial charge in [0.1, 0.15) is 5.75 Å². The number of nitrogens with zero attached hydrogens (tertiary/aromatic N) is 3. The third-order valence-electron chi connectivity index (χ3n) is 11.7. The molecule has 10 nitrogen and oxygen atoms in total. The minimum absolute atomic E-state index is 0.0184. The van der Waals surface area contributed by atoms with E-state index in [1.807, 2.05) is 30.0 Å². The molecule has 0 bridgehead atoms. The summed E-state index contributed by atoms with van der Waals surface area (Å²) in [6.45, 7) is 4.18. The van der Waals surface area contributed by atoms with Gasteiger partial charge in [-0.2, -0.15) is 12.7 Å². The minimum Gasteiger partial charge on any atom is -0.497 e. The fourth-order valence-corrected chi connectivity index (χ4v) is 9.92. The number of fused-ring (bicyclic) bond motifs is 7. The summed E-state index contributed by atoms with van der Waals surface area (Å²) >= 11 is 0. The van der Waals surface area contributed by atoms with Crippen LogP contribution in [0, 0.1) is 5.41 Å². The zero-order chi connectivity index (χ0) is 32.7. The van der Waals surface area contributed by atoms with E-state index in [0.29, 0.717) is 57.9 Å². The number of carbonyl (C=O) groups is 2. The Bertz CT molecular complexity index is 1880. The summed E-state index contributed by atoms with van der Waals surface area (Å²) in [6, 6.07) is 11.8. The number of carbonyl (C=O) groups excluding carboxylic acids is 2. The van der Waals surface area contributed by atoms with Crippen LogP contribution in [-0.2, 0) is 21.5 Å². The number of nitrogens with one attached hydrogen (secondary N) is 1. The van der Waals surface area contributed by atoms with Crippen LogP contribution in [0.25, 0.3) is 22.2 Å². The predicted molar refractivity (Wildman–Crippen MR) is 179 cm³/mol. The van der Waals surface area contributed by atoms with Crippen molar-refractivity contribution in [3.05, 3.63) is 53.1 Å². The summed E-state index contributed by atoms with van der Waals surface area (Å²) < 4.78 is 37.2. The monoisotopic (exact) mass is 660 g/mol. The van der Waals surface area contributed by atoms with E-state index in [4.69, 9.17) is 4.74 Å². The van der Waals surface area contributed by atoms with Crippen LogP contribution in [0.3, 0.4) is 0 Å². The van der Waals surface area contributed by atoms with E-state index in [0.717, 1.165) is 65.6 Å². The average Bonchev–Trinajstić information content (AvgIpc) is 3.69. The van der Waals surface area contributed by atoms with Crippen LogP contribution in [0.4, 0.5) is 0 Å². The number of amides is 2. The second kappa shape index (κ2) is 11.1. The molecule has 250 valence electrons. The summed E-state index contributed by atoms with van der Waals surface area (Å²) in [5, 5.41) is 11.7. The summed E-state index contributed by atoms with van der Waals surface area (Å²) in [5.41, 5.74) is 4.32. The first-order valence-electron chi connectivity index (χ1n) is 17.2. The second-order valence-electron chi connectivity index (χ2n) is 14.8. The molecule has 47 heavy (non-hydrogen) atoms. The number of benzene rings is 2. The van der Waals surface area contributed by atoms with Crippen molar-refractivity contribution in [1.29, 1.82) is 0 Å². The standard InChI is InChI=1S/C36H44N4O6S/c1-35(43)13-17-38(18-14-35)34(42)36-21-29(36)28-20-25(46-2)10-12-26(28)32-31(23-7-4-3-5-8-23)27-11-9-24(19-30(27)40(32)22-36)33(41)37-47(44,45)39-15-6-16-39/h9-12,19-20,23,29,43H,3-8,13-18,21-22H2,1-2H3,(H,37,41). The molecular weight excluding hydrogens is 616 g/mol. The molecule has 2 aromatic carbocycles. The van der Waals surface area contributed by atoms with Crippen LogP contribution in [0.1, 0.15) is 98.0 Å². The lowest BCUT2D eigenvalue weighted by molar-refractivity contribution is -0.141. The number of methoxy groups -OCH3 is 1. The van der Waals surface area contributed by atoms with Crippen LogP contribution < -0.4 is 9.46 Å². The van der Waals surface area contributed by atoms with Gasteiger partial charge in [0.05, 0.1) is 23.8 Å². The Morgan fingerprint density at radius 1 is 0.979 bits per heavy atom. The summed E-state index contributed by atoms with van der Waals surface area (Å²) in [7, 11) is -2.23. The molecular formula is C36H44N4O6S. The maximum absolute atomic E-state index is 14.6. The number of aliphatic hydroxyl groups is 1. The number of rotatable bonds is 6. The maximum atomic E-state index is 14.6. The van der Waals surface area contributed by atoms with E-state index >= 15 is 0 Å². The molecule has 3 aromatic rings. The van der Waals surface area contributed by atoms with Crippen LogP contribution in [0.2, 0.25) is 0 Å². The molecule has 4 fully saturated rings. The topological polar surface area (TPSA) is 121 Å². The van der Waals surface area contributed by atoms with E-state index in [-0.39, 0.29) is 17.4 Å². The zero-order valence-electron chi connectivity index (χ0n) is 27.3. The van der Waals surface area contributed by atoms with Crippen LogP contribution in [0.5, 0.6) is 5.75 Å². The Hall–Kier alpha value is -3.41. The van der Waals surface area contributed by atoms with Gasteiger partial charge in [0, 0.05) is 60.7 Å². The number of likely N-dealkylation sites (tertiary alicyclic amines) is 1. The molecule has 5 aliphatic rings. The molecule has 3 aliphatic heterocycles. The highest BCUT2D eigenvalue weighted by Gasteiger charge is 2.64. The summed E-state index contributed by atoms with van der Waals surface area (Å²) in [4.78, 5) is 30.0. The average molecular weight is 661 g/mol. The lowest BCUT2D eigenvalue weighted by Gasteiger charge is -2.38. The van der Waals surface area contributed by atoms with Gasteiger partial charge in [-0.05, 0) is 92.8 Å². The number of hydrogen-bond acceptors (Lipinski definition) is 6. The first-order chi connectivity index (χ1) is 22.5. The van der Waals surface area contributed by atoms with E-state index in [9.17, 15) is 23.1 Å². The molecule has 8 rings (SSSR count). The van der Waals surface area contributed by atoms with Crippen molar-refractivity contribution in [2.24, 2.45) is 5.41 Å². The van der Waals surface area contributed by atoms with E-state index in [1.165, 1.54) is 16.3 Å². The van der Waals surface area contributed by atoms with Gasteiger partial charge in [0.2, 0.25) is 5.91 Å². The quantitative estimate of drug-likeness (QED) is 0.388. The largest absolute Gasteiger partial charge is 0.497 e. The van der Waals surface area contributed by atoms with Crippen LogP contribution in [-0.4, -0.2) is 78.0 Å². The first-order valence-corrected chi connectivity index (χ1v) is 18.6. The SMILES string of the molecule is COc1ccc2c(c1)C1CC1(C(=O)N1CCC(C)(O)CC1)Cn1c-2c(C2CCCCC2)c2ccc(C(=O)NS(=O)(=O)N3CCC3)cc21. The van der Waals surface area contributed by atoms with Crippen molar-refractivity contribution in [3.8, 4) is 17.0 Å². The third kappa shape index (κ3) is 5.07. The number of hydrogen-bond donors (Lipinski definition) is 2. The molecule has 2 saturated carbocycles. The normalized spacial score (nSPS) is 25.6. The van der Waals surface area contributed by atoms with Crippen molar-refractivity contribution in [2.45, 2.75) is 88.7 Å². The van der Waals surface area contributed by atoms with Gasteiger partial charge in [0.25, 0.3) is 5.91 Å². The molecule has 11 heteroatoms. The van der Waals surface area contributed by atoms with Crippen molar-refractivity contribution >= 4 is 32.9 Å². The number of ether oxygens (including phenoxy) is 1. The molecule has 2 aliphatic carbocycles. The second-order valence-corrected chi connectivity index (χ2v) is 16.4. The Labute approximate surface area is 276 Å². The molecule has 2 atom stereocenters. The van der Waals surface area contributed by atoms with Gasteiger partial charge in [-0.25, -0.2) is 4.72 Å². The fraction of sp³-hybridized carbons (Fsp3) is 0.556. The first kappa shape index (κ1) is 30.9. The zero-order valence-corrected chi connectivity index (χ0v) is 28.1. The Kier molecular flexibility index (Phi) is 7.27. The maximum Gasteiger partial charge on any atom is 0.304 e. The van der Waals surface area contributed by atoms with Gasteiger partial charge < -0.3 is 19.3 Å². The summed E-state index contributed by atoms with van der Waals surface area (Å²) in [6.07, 6.45) is 8.28. The van der Waals surface area contributed by atoms with Gasteiger partial charge in [-0.3, -0.25) is 9.59 Å². The molecule has 2 amide bonds. The molecule has 2 saturated heterocycles. The molecule has 0 radical (unpaired) electrons. The van der Waals surface area contributed by atoms with E-state index < -0.39 is 27.1 Å². The van der Waals surface area contributed by atoms with Crippen molar-refractivity contribution in [2.75, 3.05) is 33.3 Å². The van der Waals surface area contributed by atoms with Gasteiger partial charge in [-0.15, -0.1) is 0 Å². The van der Waals surface area contributed by atoms with Crippen molar-refractivity contribution < 1.29 is 27.9 Å². The Morgan fingerprint density at radius 2 is 1.72 bits per heavy atom. The molecule has 2 N–H and O–H groups in total. The van der Waals surface area contributed by atoms with Gasteiger partial charge in [-0.1, -0.05) is 25.3 Å². The number of piperidine rings is 1.